The molecule has 0 bridgehead atoms. The molecule has 2 aromatic carbocycles. The Labute approximate surface area is 149 Å². The van der Waals surface area contributed by atoms with E-state index in [1.807, 2.05) is 5.32 Å². The molecule has 27 heavy (non-hydrogen) atoms. The monoisotopic (exact) mass is 412 g/mol. The van der Waals surface area contributed by atoms with E-state index in [0.29, 0.717) is 18.2 Å². The van der Waals surface area contributed by atoms with E-state index < -0.39 is 61.4 Å². The maximum Gasteiger partial charge on any atom is 0.417 e. The molecule has 2 rings (SSSR count). The van der Waals surface area contributed by atoms with Gasteiger partial charge < -0.3 is 5.32 Å². The van der Waals surface area contributed by atoms with E-state index in [-0.39, 0.29) is 12.1 Å². The van der Waals surface area contributed by atoms with E-state index in [0.717, 1.165) is 6.92 Å². The van der Waals surface area contributed by atoms with Crippen molar-refractivity contribution in [3.05, 3.63) is 53.3 Å². The first-order chi connectivity index (χ1) is 12.3. The predicted octanol–water partition coefficient (Wildman–Crippen LogP) is 3.88. The summed E-state index contributed by atoms with van der Waals surface area (Å²) in [5, 5.41) is 1.96. The Morgan fingerprint density at radius 3 is 2.11 bits per heavy atom. The molecule has 0 spiro atoms. The number of nitrogens with one attached hydrogen (secondary N) is 2. The van der Waals surface area contributed by atoms with Gasteiger partial charge in [0.25, 0.3) is 10.0 Å². The van der Waals surface area contributed by atoms with Crippen LogP contribution in [0.3, 0.4) is 0 Å². The van der Waals surface area contributed by atoms with Crippen molar-refractivity contribution < 1.29 is 39.6 Å². The van der Waals surface area contributed by atoms with Crippen LogP contribution in [0.4, 0.5) is 37.7 Å². The zero-order valence-corrected chi connectivity index (χ0v) is 14.1. The number of halogens is 6. The Morgan fingerprint density at radius 2 is 1.56 bits per heavy atom. The third kappa shape index (κ3) is 4.70. The van der Waals surface area contributed by atoms with Crippen molar-refractivity contribution in [1.29, 1.82) is 0 Å². The number of anilines is 2. The van der Waals surface area contributed by atoms with Crippen LogP contribution in [0.5, 0.6) is 0 Å². The van der Waals surface area contributed by atoms with Gasteiger partial charge in [0.2, 0.25) is 5.91 Å². The second-order valence-corrected chi connectivity index (χ2v) is 6.89. The molecule has 0 unspecified atom stereocenters. The van der Waals surface area contributed by atoms with Gasteiger partial charge in [-0.1, -0.05) is 0 Å². The van der Waals surface area contributed by atoms with E-state index >= 15 is 0 Å². The van der Waals surface area contributed by atoms with E-state index in [9.17, 15) is 39.6 Å². The van der Waals surface area contributed by atoms with Crippen LogP contribution >= 0.6 is 0 Å². The van der Waals surface area contributed by atoms with Crippen LogP contribution in [0.25, 0.3) is 0 Å². The van der Waals surface area contributed by atoms with Crippen molar-refractivity contribution in [3.8, 4) is 0 Å². The molecule has 5 nitrogen and oxygen atoms in total. The molecule has 0 fully saturated rings. The summed E-state index contributed by atoms with van der Waals surface area (Å²) in [7, 11) is -5.04. The van der Waals surface area contributed by atoms with Gasteiger partial charge in [-0.2, -0.15) is 13.2 Å². The first-order valence-corrected chi connectivity index (χ1v) is 8.46. The second kappa shape index (κ2) is 7.10. The van der Waals surface area contributed by atoms with Gasteiger partial charge in [0.05, 0.1) is 21.8 Å². The van der Waals surface area contributed by atoms with Crippen molar-refractivity contribution in [2.24, 2.45) is 0 Å². The van der Waals surface area contributed by atoms with E-state index in [1.165, 1.54) is 4.72 Å². The molecule has 0 aromatic heterocycles. The number of hydrogen-bond acceptors (Lipinski definition) is 3. The van der Waals surface area contributed by atoms with Gasteiger partial charge in [0.15, 0.2) is 0 Å². The Balaban J connectivity index is 2.54. The number of carbonyl (C=O) groups excluding carboxylic acids is 1. The zero-order chi connectivity index (χ0) is 20.6. The number of hydrogen-bond donors (Lipinski definition) is 2. The first kappa shape index (κ1) is 20.6. The van der Waals surface area contributed by atoms with Gasteiger partial charge in [-0.25, -0.2) is 21.6 Å². The Morgan fingerprint density at radius 1 is 0.963 bits per heavy atom. The summed E-state index contributed by atoms with van der Waals surface area (Å²) < 4.78 is 106. The van der Waals surface area contributed by atoms with Crippen molar-refractivity contribution in [3.63, 3.8) is 0 Å². The third-order valence-electron chi connectivity index (χ3n) is 3.15. The lowest BCUT2D eigenvalue weighted by Gasteiger charge is -2.15. The average molecular weight is 412 g/mol. The highest BCUT2D eigenvalue weighted by Gasteiger charge is 2.38. The molecule has 2 aromatic rings. The Bertz CT molecular complexity index is 1010. The smallest absolute Gasteiger partial charge is 0.324 e. The van der Waals surface area contributed by atoms with E-state index in [2.05, 4.69) is 0 Å². The SMILES string of the molecule is CC(=O)Nc1cc(NS(=O)(=O)c2ccc(F)cc2C(F)(F)F)c(F)cc1F. The molecule has 0 heterocycles. The van der Waals surface area contributed by atoms with Crippen LogP contribution in [-0.4, -0.2) is 14.3 Å². The number of alkyl halides is 3. The number of rotatable bonds is 4. The number of sulfonamides is 1. The standard InChI is InChI=1S/C15H10F6N2O3S/c1-7(24)22-12-6-13(11(18)5-10(12)17)23-27(25,26)14-3-2-8(16)4-9(14)15(19,20)21/h2-6,23H,1H3,(H,22,24). The van der Waals surface area contributed by atoms with Crippen molar-refractivity contribution in [2.45, 2.75) is 18.0 Å². The van der Waals surface area contributed by atoms with Crippen LogP contribution < -0.4 is 10.0 Å². The summed E-state index contributed by atoms with van der Waals surface area (Å²) in [6.07, 6.45) is -5.21. The van der Waals surface area contributed by atoms with Crippen LogP contribution in [0, 0.1) is 17.5 Å². The topological polar surface area (TPSA) is 75.3 Å². The maximum absolute atomic E-state index is 13.9. The molecule has 0 aliphatic heterocycles. The summed E-state index contributed by atoms with van der Waals surface area (Å²) in [6.45, 7) is 1.00. The largest absolute Gasteiger partial charge is 0.417 e. The van der Waals surface area contributed by atoms with Gasteiger partial charge >= 0.3 is 6.18 Å². The lowest BCUT2D eigenvalue weighted by molar-refractivity contribution is -0.140. The quantitative estimate of drug-likeness (QED) is 0.749. The molecule has 0 saturated heterocycles. The minimum Gasteiger partial charge on any atom is -0.324 e. The number of amides is 1. The second-order valence-electron chi connectivity index (χ2n) is 5.24. The fraction of sp³-hybridized carbons (Fsp3) is 0.133. The van der Waals surface area contributed by atoms with Gasteiger partial charge in [-0.15, -0.1) is 0 Å². The summed E-state index contributed by atoms with van der Waals surface area (Å²) in [6, 6.07) is 1.60. The highest BCUT2D eigenvalue weighted by Crippen LogP contribution is 2.36. The van der Waals surface area contributed by atoms with E-state index in [1.54, 1.807) is 0 Å². The van der Waals surface area contributed by atoms with E-state index in [4.69, 9.17) is 0 Å². The highest BCUT2D eigenvalue weighted by molar-refractivity contribution is 7.92. The summed E-state index contributed by atoms with van der Waals surface area (Å²) in [4.78, 5) is 9.62. The Hall–Kier alpha value is -2.76. The van der Waals surface area contributed by atoms with Crippen LogP contribution in [0.15, 0.2) is 35.2 Å². The maximum atomic E-state index is 13.9. The van der Waals surface area contributed by atoms with Gasteiger partial charge in [-0.3, -0.25) is 9.52 Å². The van der Waals surface area contributed by atoms with Crippen LogP contribution in [0.2, 0.25) is 0 Å². The molecule has 0 aliphatic carbocycles. The van der Waals surface area contributed by atoms with Crippen molar-refractivity contribution in [1.82, 2.24) is 0 Å². The minimum atomic E-state index is -5.21. The van der Waals surface area contributed by atoms with Crippen LogP contribution in [-0.2, 0) is 21.0 Å². The van der Waals surface area contributed by atoms with Gasteiger partial charge in [-0.05, 0) is 24.3 Å². The van der Waals surface area contributed by atoms with Crippen molar-refractivity contribution in [2.75, 3.05) is 10.0 Å². The fourth-order valence-electron chi connectivity index (χ4n) is 2.07. The summed E-state index contributed by atoms with van der Waals surface area (Å²) in [5.41, 5.74) is -3.33. The molecule has 2 N–H and O–H groups in total. The first-order valence-electron chi connectivity index (χ1n) is 6.97. The molecule has 0 aliphatic rings. The van der Waals surface area contributed by atoms with Crippen molar-refractivity contribution >= 4 is 27.3 Å². The highest BCUT2D eigenvalue weighted by atomic mass is 32.2. The summed E-state index contributed by atoms with van der Waals surface area (Å²) >= 11 is 0. The lowest BCUT2D eigenvalue weighted by Crippen LogP contribution is -2.20. The zero-order valence-electron chi connectivity index (χ0n) is 13.3. The van der Waals surface area contributed by atoms with Gasteiger partial charge in [0.1, 0.15) is 17.5 Å². The molecule has 146 valence electrons. The molecular formula is C15H10F6N2O3S. The molecule has 1 amide bonds. The normalized spacial score (nSPS) is 12.0. The summed E-state index contributed by atoms with van der Waals surface area (Å²) in [5.74, 6) is -4.77. The molecule has 12 heteroatoms. The Kier molecular flexibility index (Phi) is 5.40. The molecule has 0 radical (unpaired) electrons. The predicted molar refractivity (Wildman–Crippen MR) is 82.9 cm³/mol. The third-order valence-corrected chi connectivity index (χ3v) is 4.57. The van der Waals surface area contributed by atoms with Crippen LogP contribution in [0.1, 0.15) is 12.5 Å². The lowest BCUT2D eigenvalue weighted by atomic mass is 10.2. The molecular weight excluding hydrogens is 402 g/mol. The number of carbonyl (C=O) groups is 1. The van der Waals surface area contributed by atoms with Gasteiger partial charge in [0, 0.05) is 13.0 Å². The molecule has 0 saturated carbocycles. The minimum absolute atomic E-state index is 0.0294. The average Bonchev–Trinajstić information content (AvgIpc) is 2.50. The number of benzene rings is 2. The fourth-order valence-corrected chi connectivity index (χ4v) is 3.34. The molecule has 0 atom stereocenters.